The van der Waals surface area contributed by atoms with Gasteiger partial charge in [-0.15, -0.1) is 0 Å². The molecule has 0 saturated heterocycles. The highest BCUT2D eigenvalue weighted by molar-refractivity contribution is 5.79. The quantitative estimate of drug-likeness (QED) is 0.592. The van der Waals surface area contributed by atoms with E-state index in [9.17, 15) is 20.1 Å². The van der Waals surface area contributed by atoms with Gasteiger partial charge in [-0.25, -0.2) is 0 Å². The number of aliphatic hydroxyl groups excluding tert-OH is 1. The van der Waals surface area contributed by atoms with Crippen LogP contribution >= 0.6 is 0 Å². The molecule has 0 aliphatic rings. The summed E-state index contributed by atoms with van der Waals surface area (Å²) in [4.78, 5) is 12.1. The lowest BCUT2D eigenvalue weighted by Gasteiger charge is -2.11. The van der Waals surface area contributed by atoms with Crippen molar-refractivity contribution in [2.24, 2.45) is 0 Å². The van der Waals surface area contributed by atoms with Crippen molar-refractivity contribution in [3.05, 3.63) is 47.5 Å². The lowest BCUT2D eigenvalue weighted by molar-refractivity contribution is -0.121. The minimum absolute atomic E-state index is 0.0321. The number of carbonyl (C=O) groups excluding carboxylic acids is 1. The fourth-order valence-electron chi connectivity index (χ4n) is 2.87. The van der Waals surface area contributed by atoms with Gasteiger partial charge in [0.2, 0.25) is 0 Å². The molecular weight excluding hydrogens is 348 g/mol. The van der Waals surface area contributed by atoms with Gasteiger partial charge in [0.1, 0.15) is 5.78 Å². The molecule has 2 aromatic carbocycles. The molecule has 0 radical (unpaired) electrons. The van der Waals surface area contributed by atoms with Gasteiger partial charge < -0.3 is 24.8 Å². The second-order valence-electron chi connectivity index (χ2n) is 6.45. The third-order valence-corrected chi connectivity index (χ3v) is 4.41. The van der Waals surface area contributed by atoms with Crippen LogP contribution in [0.25, 0.3) is 0 Å². The van der Waals surface area contributed by atoms with Crippen LogP contribution in [0.1, 0.15) is 30.4 Å². The summed E-state index contributed by atoms with van der Waals surface area (Å²) in [5.74, 6) is 0.869. The third-order valence-electron chi connectivity index (χ3n) is 4.41. The van der Waals surface area contributed by atoms with Crippen LogP contribution in [0.2, 0.25) is 0 Å². The summed E-state index contributed by atoms with van der Waals surface area (Å²) in [6, 6.07) is 10.1. The number of Topliss-reactive ketones (excluding diaryl/α,β-unsaturated/α-hetero) is 1. The van der Waals surface area contributed by atoms with Gasteiger partial charge in [0.05, 0.1) is 20.3 Å². The average molecular weight is 374 g/mol. The first-order valence-electron chi connectivity index (χ1n) is 8.84. The Labute approximate surface area is 159 Å². The summed E-state index contributed by atoms with van der Waals surface area (Å²) < 4.78 is 9.98. The van der Waals surface area contributed by atoms with Crippen LogP contribution in [-0.4, -0.2) is 41.4 Å². The van der Waals surface area contributed by atoms with Crippen molar-refractivity contribution in [1.29, 1.82) is 0 Å². The molecule has 3 N–H and O–H groups in total. The highest BCUT2D eigenvalue weighted by atomic mass is 16.5. The van der Waals surface area contributed by atoms with E-state index in [2.05, 4.69) is 0 Å². The number of aromatic hydroxyl groups is 2. The Bertz CT molecular complexity index is 771. The number of aliphatic hydroxyl groups is 1. The minimum atomic E-state index is -0.731. The molecule has 2 rings (SSSR count). The largest absolute Gasteiger partial charge is 0.504 e. The van der Waals surface area contributed by atoms with Gasteiger partial charge in [0, 0.05) is 12.8 Å². The SMILES string of the molecule is COc1ccc(CCC(=O)CC(O)CCc2ccc(OC)c(O)c2)cc1O. The predicted octanol–water partition coefficient (Wildman–Crippen LogP) is 3.00. The standard InChI is InChI=1S/C21H26O6/c1-26-20-9-5-14(11-18(20)24)3-7-16(22)13-17(23)8-4-15-6-10-21(27-2)19(25)12-15/h5-6,9-12,16,22,24-25H,3-4,7-8,13H2,1-2H3. The average Bonchev–Trinajstić information content (AvgIpc) is 2.65. The maximum atomic E-state index is 12.1. The lowest BCUT2D eigenvalue weighted by Crippen LogP contribution is -2.15. The van der Waals surface area contributed by atoms with Gasteiger partial charge in [0.25, 0.3) is 0 Å². The summed E-state index contributed by atoms with van der Waals surface area (Å²) >= 11 is 0. The van der Waals surface area contributed by atoms with E-state index in [4.69, 9.17) is 9.47 Å². The van der Waals surface area contributed by atoms with Gasteiger partial charge in [-0.3, -0.25) is 4.79 Å². The molecule has 0 aliphatic heterocycles. The van der Waals surface area contributed by atoms with Gasteiger partial charge in [0.15, 0.2) is 23.0 Å². The summed E-state index contributed by atoms with van der Waals surface area (Å²) in [5.41, 5.74) is 1.71. The number of rotatable bonds is 10. The van der Waals surface area contributed by atoms with Crippen molar-refractivity contribution in [3.8, 4) is 23.0 Å². The molecule has 0 aromatic heterocycles. The smallest absolute Gasteiger partial charge is 0.160 e. The predicted molar refractivity (Wildman–Crippen MR) is 102 cm³/mol. The number of phenols is 2. The van der Waals surface area contributed by atoms with E-state index in [0.29, 0.717) is 37.2 Å². The maximum Gasteiger partial charge on any atom is 0.160 e. The van der Waals surface area contributed by atoms with Crippen LogP contribution in [0.4, 0.5) is 0 Å². The zero-order chi connectivity index (χ0) is 19.8. The summed E-state index contributed by atoms with van der Waals surface area (Å²) in [6.07, 6.45) is 1.14. The number of carbonyl (C=O) groups is 1. The summed E-state index contributed by atoms with van der Waals surface area (Å²) in [6.45, 7) is 0. The monoisotopic (exact) mass is 374 g/mol. The van der Waals surface area contributed by atoms with Crippen LogP contribution in [0.5, 0.6) is 23.0 Å². The number of aryl methyl sites for hydroxylation is 2. The number of ether oxygens (including phenoxy) is 2. The zero-order valence-corrected chi connectivity index (χ0v) is 15.6. The Hall–Kier alpha value is -2.73. The Morgan fingerprint density at radius 1 is 0.926 bits per heavy atom. The number of methoxy groups -OCH3 is 2. The summed E-state index contributed by atoms with van der Waals surface area (Å²) in [5, 5.41) is 29.6. The van der Waals surface area contributed by atoms with Crippen LogP contribution < -0.4 is 9.47 Å². The molecule has 6 nitrogen and oxygen atoms in total. The molecule has 0 saturated carbocycles. The van der Waals surface area contributed by atoms with Gasteiger partial charge in [-0.05, 0) is 54.7 Å². The van der Waals surface area contributed by atoms with Crippen LogP contribution in [0, 0.1) is 0 Å². The molecule has 0 amide bonds. The molecule has 27 heavy (non-hydrogen) atoms. The minimum Gasteiger partial charge on any atom is -0.504 e. The fraction of sp³-hybridized carbons (Fsp3) is 0.381. The first-order chi connectivity index (χ1) is 12.9. The van der Waals surface area contributed by atoms with Crippen LogP contribution in [0.3, 0.4) is 0 Å². The maximum absolute atomic E-state index is 12.1. The van der Waals surface area contributed by atoms with Crippen molar-refractivity contribution in [2.75, 3.05) is 14.2 Å². The second kappa shape index (κ2) is 9.83. The van der Waals surface area contributed by atoms with Crippen molar-refractivity contribution in [2.45, 2.75) is 38.2 Å². The number of ketones is 1. The molecule has 0 heterocycles. The number of benzene rings is 2. The normalized spacial score (nSPS) is 11.8. The number of phenolic OH excluding ortho intramolecular Hbond substituents is 2. The third kappa shape index (κ3) is 6.18. The van der Waals surface area contributed by atoms with E-state index in [-0.39, 0.29) is 23.7 Å². The number of hydrogen-bond acceptors (Lipinski definition) is 6. The number of hydrogen-bond donors (Lipinski definition) is 3. The fourth-order valence-corrected chi connectivity index (χ4v) is 2.87. The molecule has 0 fully saturated rings. The Morgan fingerprint density at radius 2 is 1.44 bits per heavy atom. The molecule has 1 atom stereocenters. The van der Waals surface area contributed by atoms with E-state index in [0.717, 1.165) is 11.1 Å². The summed E-state index contributed by atoms with van der Waals surface area (Å²) in [7, 11) is 2.96. The molecule has 1 unspecified atom stereocenters. The van der Waals surface area contributed by atoms with Crippen molar-refractivity contribution in [3.63, 3.8) is 0 Å². The van der Waals surface area contributed by atoms with Gasteiger partial charge in [-0.2, -0.15) is 0 Å². The lowest BCUT2D eigenvalue weighted by atomic mass is 10.00. The highest BCUT2D eigenvalue weighted by Gasteiger charge is 2.13. The molecule has 146 valence electrons. The first kappa shape index (κ1) is 20.6. The van der Waals surface area contributed by atoms with E-state index in [1.54, 1.807) is 30.3 Å². The Kier molecular flexibility index (Phi) is 7.49. The molecule has 0 bridgehead atoms. The van der Waals surface area contributed by atoms with Crippen molar-refractivity contribution in [1.82, 2.24) is 0 Å². The molecule has 2 aromatic rings. The highest BCUT2D eigenvalue weighted by Crippen LogP contribution is 2.28. The van der Waals surface area contributed by atoms with E-state index in [1.165, 1.54) is 14.2 Å². The second-order valence-corrected chi connectivity index (χ2v) is 6.45. The molecular formula is C21H26O6. The topological polar surface area (TPSA) is 96.2 Å². The van der Waals surface area contributed by atoms with E-state index >= 15 is 0 Å². The first-order valence-corrected chi connectivity index (χ1v) is 8.84. The Balaban J connectivity index is 1.76. The van der Waals surface area contributed by atoms with Crippen molar-refractivity contribution < 1.29 is 29.6 Å². The van der Waals surface area contributed by atoms with Crippen molar-refractivity contribution >= 4 is 5.78 Å². The van der Waals surface area contributed by atoms with Crippen LogP contribution in [-0.2, 0) is 17.6 Å². The zero-order valence-electron chi connectivity index (χ0n) is 15.6. The Morgan fingerprint density at radius 3 is 1.93 bits per heavy atom. The van der Waals surface area contributed by atoms with E-state index in [1.807, 2.05) is 6.07 Å². The van der Waals surface area contributed by atoms with E-state index < -0.39 is 6.10 Å². The molecule has 0 aliphatic carbocycles. The molecule has 6 heteroatoms. The van der Waals surface area contributed by atoms with Gasteiger partial charge in [-0.1, -0.05) is 12.1 Å². The van der Waals surface area contributed by atoms with Gasteiger partial charge >= 0.3 is 0 Å². The van der Waals surface area contributed by atoms with Crippen LogP contribution in [0.15, 0.2) is 36.4 Å². The molecule has 0 spiro atoms.